The third-order valence-electron chi connectivity index (χ3n) is 4.56. The molecule has 4 nitrogen and oxygen atoms in total. The van der Waals surface area contributed by atoms with E-state index in [9.17, 15) is 9.59 Å². The Balaban J connectivity index is 1.44. The maximum atomic E-state index is 12.0. The number of carbonyl (C=O) groups excluding carboxylic acids is 2. The Hall–Kier alpha value is -1.84. The smallest absolute Gasteiger partial charge is 0.309 e. The highest BCUT2D eigenvalue weighted by Gasteiger charge is 2.61. The Labute approximate surface area is 124 Å². The van der Waals surface area contributed by atoms with E-state index in [1.165, 1.54) is 0 Å². The van der Waals surface area contributed by atoms with Crippen molar-refractivity contribution in [2.24, 2.45) is 23.7 Å². The normalized spacial score (nSPS) is 29.6. The lowest BCUT2D eigenvalue weighted by molar-refractivity contribution is -0.152. The highest BCUT2D eigenvalue weighted by atomic mass is 16.5. The molecular weight excluding hydrogens is 268 g/mol. The van der Waals surface area contributed by atoms with Crippen LogP contribution < -0.4 is 0 Å². The molecule has 2 fully saturated rings. The zero-order chi connectivity index (χ0) is 14.8. The largest absolute Gasteiger partial charge is 0.466 e. The number of carbonyl (C=O) groups is 2. The van der Waals surface area contributed by atoms with E-state index in [0.717, 1.165) is 18.4 Å². The van der Waals surface area contributed by atoms with E-state index in [1.54, 1.807) is 0 Å². The number of hydrogen-bond acceptors (Lipinski definition) is 4. The molecule has 1 aromatic carbocycles. The molecule has 2 aliphatic rings. The molecule has 0 radical (unpaired) electrons. The summed E-state index contributed by atoms with van der Waals surface area (Å²) in [5.74, 6) is 0.423. The van der Waals surface area contributed by atoms with Crippen LogP contribution in [0.1, 0.15) is 25.3 Å². The number of fused-ring (bicyclic) bond motifs is 1. The molecular formula is C17H20O4. The monoisotopic (exact) mass is 288 g/mol. The fraction of sp³-hybridized carbons (Fsp3) is 0.529. The van der Waals surface area contributed by atoms with E-state index in [4.69, 9.17) is 9.47 Å². The van der Waals surface area contributed by atoms with Crippen LogP contribution in [0, 0.1) is 23.7 Å². The topological polar surface area (TPSA) is 52.6 Å². The predicted octanol–water partition coefficient (Wildman–Crippen LogP) is 2.57. The van der Waals surface area contributed by atoms with Crippen LogP contribution in [0.5, 0.6) is 0 Å². The molecule has 0 saturated heterocycles. The number of hydrogen-bond donors (Lipinski definition) is 0. The SMILES string of the molecule is CCOC(=O)C1C2CC(C(=O)OCc3ccccc3)CC21. The van der Waals surface area contributed by atoms with Crippen molar-refractivity contribution in [1.29, 1.82) is 0 Å². The lowest BCUT2D eigenvalue weighted by Gasteiger charge is -2.13. The van der Waals surface area contributed by atoms with Crippen molar-refractivity contribution in [2.75, 3.05) is 6.61 Å². The highest BCUT2D eigenvalue weighted by molar-refractivity contribution is 5.79. The van der Waals surface area contributed by atoms with Gasteiger partial charge >= 0.3 is 11.9 Å². The Morgan fingerprint density at radius 3 is 2.33 bits per heavy atom. The van der Waals surface area contributed by atoms with Gasteiger partial charge in [0.05, 0.1) is 18.4 Å². The first-order chi connectivity index (χ1) is 10.2. The van der Waals surface area contributed by atoms with Crippen LogP contribution in [-0.4, -0.2) is 18.5 Å². The maximum absolute atomic E-state index is 12.0. The molecule has 2 saturated carbocycles. The second kappa shape index (κ2) is 5.88. The quantitative estimate of drug-likeness (QED) is 0.781. The number of ether oxygens (including phenoxy) is 2. The molecule has 0 N–H and O–H groups in total. The number of rotatable bonds is 5. The van der Waals surface area contributed by atoms with Crippen molar-refractivity contribution < 1.29 is 19.1 Å². The van der Waals surface area contributed by atoms with Crippen LogP contribution in [0.4, 0.5) is 0 Å². The molecule has 0 aromatic heterocycles. The second-order valence-electron chi connectivity index (χ2n) is 5.87. The average Bonchev–Trinajstić information content (AvgIpc) is 3.01. The molecule has 0 bridgehead atoms. The van der Waals surface area contributed by atoms with E-state index < -0.39 is 0 Å². The first kappa shape index (κ1) is 14.1. The minimum absolute atomic E-state index is 0.0307. The molecule has 0 spiro atoms. The lowest BCUT2D eigenvalue weighted by atomic mass is 10.0. The maximum Gasteiger partial charge on any atom is 0.309 e. The molecule has 3 rings (SSSR count). The lowest BCUT2D eigenvalue weighted by Crippen LogP contribution is -2.19. The van der Waals surface area contributed by atoms with Gasteiger partial charge in [-0.25, -0.2) is 0 Å². The summed E-state index contributed by atoms with van der Waals surface area (Å²) in [5, 5.41) is 0. The molecule has 1 aromatic rings. The second-order valence-corrected chi connectivity index (χ2v) is 5.87. The zero-order valence-corrected chi connectivity index (χ0v) is 12.2. The first-order valence-electron chi connectivity index (χ1n) is 7.58. The van der Waals surface area contributed by atoms with Gasteiger partial charge in [0.25, 0.3) is 0 Å². The van der Waals surface area contributed by atoms with Crippen molar-refractivity contribution >= 4 is 11.9 Å². The van der Waals surface area contributed by atoms with Crippen molar-refractivity contribution in [3.05, 3.63) is 35.9 Å². The van der Waals surface area contributed by atoms with Gasteiger partial charge in [0.1, 0.15) is 6.61 Å². The Kier molecular flexibility index (Phi) is 3.95. The van der Waals surface area contributed by atoms with E-state index >= 15 is 0 Å². The summed E-state index contributed by atoms with van der Waals surface area (Å²) in [6.07, 6.45) is 1.53. The minimum Gasteiger partial charge on any atom is -0.466 e. The molecule has 0 amide bonds. The number of esters is 2. The summed E-state index contributed by atoms with van der Waals surface area (Å²) in [5.41, 5.74) is 0.999. The average molecular weight is 288 g/mol. The summed E-state index contributed by atoms with van der Waals surface area (Å²) in [6.45, 7) is 2.57. The van der Waals surface area contributed by atoms with E-state index in [1.807, 2.05) is 37.3 Å². The van der Waals surface area contributed by atoms with Crippen LogP contribution >= 0.6 is 0 Å². The third kappa shape index (κ3) is 2.94. The van der Waals surface area contributed by atoms with Crippen molar-refractivity contribution in [2.45, 2.75) is 26.4 Å². The molecule has 2 unspecified atom stereocenters. The van der Waals surface area contributed by atoms with Gasteiger partial charge in [-0.05, 0) is 37.2 Å². The van der Waals surface area contributed by atoms with Gasteiger partial charge in [-0.3, -0.25) is 9.59 Å². The van der Waals surface area contributed by atoms with Crippen molar-refractivity contribution in [3.63, 3.8) is 0 Å². The summed E-state index contributed by atoms with van der Waals surface area (Å²) in [6, 6.07) is 9.67. The van der Waals surface area contributed by atoms with E-state index in [-0.39, 0.29) is 23.8 Å². The van der Waals surface area contributed by atoms with Crippen LogP contribution in [0.25, 0.3) is 0 Å². The van der Waals surface area contributed by atoms with Crippen LogP contribution in [0.15, 0.2) is 30.3 Å². The van der Waals surface area contributed by atoms with E-state index in [0.29, 0.717) is 25.0 Å². The summed E-state index contributed by atoms with van der Waals surface area (Å²) in [4.78, 5) is 23.7. The summed E-state index contributed by atoms with van der Waals surface area (Å²) >= 11 is 0. The Bertz CT molecular complexity index is 513. The zero-order valence-electron chi connectivity index (χ0n) is 12.2. The fourth-order valence-corrected chi connectivity index (χ4v) is 3.47. The molecule has 0 heterocycles. The van der Waals surface area contributed by atoms with Gasteiger partial charge in [0.15, 0.2) is 0 Å². The highest BCUT2D eigenvalue weighted by Crippen LogP contribution is 2.60. The molecule has 112 valence electrons. The predicted molar refractivity (Wildman–Crippen MR) is 76.1 cm³/mol. The van der Waals surface area contributed by atoms with Gasteiger partial charge in [-0.2, -0.15) is 0 Å². The van der Waals surface area contributed by atoms with Gasteiger partial charge in [0, 0.05) is 0 Å². The van der Waals surface area contributed by atoms with Crippen LogP contribution in [0.2, 0.25) is 0 Å². The first-order valence-corrected chi connectivity index (χ1v) is 7.58. The molecule has 0 aliphatic heterocycles. The fourth-order valence-electron chi connectivity index (χ4n) is 3.47. The van der Waals surface area contributed by atoms with Crippen molar-refractivity contribution in [3.8, 4) is 0 Å². The molecule has 2 aliphatic carbocycles. The summed E-state index contributed by atoms with van der Waals surface area (Å²) in [7, 11) is 0. The van der Waals surface area contributed by atoms with Gasteiger partial charge in [-0.1, -0.05) is 30.3 Å². The van der Waals surface area contributed by atoms with Gasteiger partial charge in [0.2, 0.25) is 0 Å². The third-order valence-corrected chi connectivity index (χ3v) is 4.56. The van der Waals surface area contributed by atoms with Gasteiger partial charge < -0.3 is 9.47 Å². The molecule has 4 heteroatoms. The van der Waals surface area contributed by atoms with E-state index in [2.05, 4.69) is 0 Å². The minimum atomic E-state index is -0.131. The standard InChI is InChI=1S/C17H20O4/c1-2-20-17(19)15-13-8-12(9-14(13)15)16(18)21-10-11-6-4-3-5-7-11/h3-7,12-15H,2,8-10H2,1H3. The van der Waals surface area contributed by atoms with Gasteiger partial charge in [-0.15, -0.1) is 0 Å². The van der Waals surface area contributed by atoms with Crippen LogP contribution in [-0.2, 0) is 25.7 Å². The number of benzene rings is 1. The molecule has 21 heavy (non-hydrogen) atoms. The molecule has 2 atom stereocenters. The Morgan fingerprint density at radius 2 is 1.71 bits per heavy atom. The van der Waals surface area contributed by atoms with Crippen LogP contribution in [0.3, 0.4) is 0 Å². The van der Waals surface area contributed by atoms with Crippen molar-refractivity contribution in [1.82, 2.24) is 0 Å². The summed E-state index contributed by atoms with van der Waals surface area (Å²) < 4.78 is 10.4. The Morgan fingerprint density at radius 1 is 1.05 bits per heavy atom.